The molecule has 0 atom stereocenters. The molecule has 0 aliphatic heterocycles. The summed E-state index contributed by atoms with van der Waals surface area (Å²) < 4.78 is 0. The lowest BCUT2D eigenvalue weighted by atomic mass is 10.1. The van der Waals surface area contributed by atoms with E-state index < -0.39 is 0 Å². The van der Waals surface area contributed by atoms with Crippen molar-refractivity contribution in [1.29, 1.82) is 0 Å². The van der Waals surface area contributed by atoms with Gasteiger partial charge in [0.2, 0.25) is 0 Å². The monoisotopic (exact) mass is 399 g/mol. The Balaban J connectivity index is 2.46. The Hall–Kier alpha value is -2.51. The third-order valence-electron chi connectivity index (χ3n) is 4.30. The van der Waals surface area contributed by atoms with Gasteiger partial charge in [0.1, 0.15) is 10.7 Å². The largest absolute Gasteiger partial charge is 0.377 e. The van der Waals surface area contributed by atoms with Crippen molar-refractivity contribution in [3.63, 3.8) is 0 Å². The summed E-state index contributed by atoms with van der Waals surface area (Å²) in [5, 5.41) is 2.41. The third kappa shape index (κ3) is 5.27. The fourth-order valence-corrected chi connectivity index (χ4v) is 3.69. The zero-order chi connectivity index (χ0) is 20.7. The lowest BCUT2D eigenvalue weighted by Gasteiger charge is -2.17. The molecule has 2 heterocycles. The zero-order valence-corrected chi connectivity index (χ0v) is 18.1. The van der Waals surface area contributed by atoms with E-state index in [9.17, 15) is 4.79 Å². The molecule has 0 saturated heterocycles. The van der Waals surface area contributed by atoms with Crippen molar-refractivity contribution in [2.24, 2.45) is 10.8 Å². The van der Waals surface area contributed by atoms with Crippen LogP contribution >= 0.6 is 11.3 Å². The maximum Gasteiger partial charge on any atom is 0.162 e. The van der Waals surface area contributed by atoms with Crippen LogP contribution in [0.25, 0.3) is 10.2 Å². The van der Waals surface area contributed by atoms with E-state index in [1.54, 1.807) is 13.2 Å². The van der Waals surface area contributed by atoms with Crippen LogP contribution in [0.4, 0.5) is 11.4 Å². The van der Waals surface area contributed by atoms with E-state index >= 15 is 0 Å². The van der Waals surface area contributed by atoms with Gasteiger partial charge in [-0.3, -0.25) is 4.79 Å². The first kappa shape index (κ1) is 21.8. The van der Waals surface area contributed by atoms with Gasteiger partial charge in [-0.05, 0) is 25.8 Å². The minimum Gasteiger partial charge on any atom is -0.377 e. The van der Waals surface area contributed by atoms with Crippen LogP contribution in [0, 0.1) is 0 Å². The summed E-state index contributed by atoms with van der Waals surface area (Å²) in [6.07, 6.45) is 11.5. The van der Waals surface area contributed by atoms with E-state index in [2.05, 4.69) is 37.1 Å². The Morgan fingerprint density at radius 3 is 2.68 bits per heavy atom. The highest BCUT2D eigenvalue weighted by Crippen LogP contribution is 2.41. The molecule has 0 aliphatic carbocycles. The number of nitrogens with two attached hydrogens (primary N) is 1. The van der Waals surface area contributed by atoms with E-state index in [1.165, 1.54) is 21.9 Å². The first-order valence-corrected chi connectivity index (χ1v) is 10.1. The maximum absolute atomic E-state index is 11.7. The van der Waals surface area contributed by atoms with Gasteiger partial charge in [0.15, 0.2) is 6.29 Å². The number of aliphatic imine (C=N–C) groups is 1. The molecule has 0 aromatic carbocycles. The predicted molar refractivity (Wildman–Crippen MR) is 121 cm³/mol. The highest BCUT2D eigenvalue weighted by molar-refractivity contribution is 7.21. The van der Waals surface area contributed by atoms with Crippen LogP contribution in [-0.2, 0) is 0 Å². The molecule has 0 bridgehead atoms. The number of anilines is 1. The minimum atomic E-state index is 0.564. The molecule has 0 spiro atoms. The van der Waals surface area contributed by atoms with Crippen LogP contribution in [0.2, 0.25) is 0 Å². The molecule has 7 heteroatoms. The molecule has 0 aliphatic rings. The van der Waals surface area contributed by atoms with Crippen LogP contribution in [0.3, 0.4) is 0 Å². The minimum absolute atomic E-state index is 0.564. The molecular weight excluding hydrogens is 370 g/mol. The Morgan fingerprint density at radius 2 is 2.07 bits per heavy atom. The second-order valence-electron chi connectivity index (χ2n) is 6.83. The number of carbonyl (C=O) groups excluding carboxylic acids is 1. The molecule has 2 aromatic heterocycles. The van der Waals surface area contributed by atoms with Gasteiger partial charge in [-0.2, -0.15) is 0 Å². The molecule has 28 heavy (non-hydrogen) atoms. The molecule has 0 amide bonds. The number of hydrogen-bond donors (Lipinski definition) is 1. The first-order chi connectivity index (χ1) is 13.4. The summed E-state index contributed by atoms with van der Waals surface area (Å²) in [5.74, 6) is 6.78. The summed E-state index contributed by atoms with van der Waals surface area (Å²) in [5.41, 5.74) is 2.88. The van der Waals surface area contributed by atoms with Gasteiger partial charge >= 0.3 is 0 Å². The lowest BCUT2D eigenvalue weighted by molar-refractivity contribution is 0.112. The fourth-order valence-electron chi connectivity index (χ4n) is 2.77. The van der Waals surface area contributed by atoms with E-state index in [-0.39, 0.29) is 0 Å². The smallest absolute Gasteiger partial charge is 0.162 e. The first-order valence-electron chi connectivity index (χ1n) is 9.31. The number of hydrogen-bond acceptors (Lipinski definition) is 6. The summed E-state index contributed by atoms with van der Waals surface area (Å²) in [6, 6.07) is 1.93. The quantitative estimate of drug-likeness (QED) is 0.174. The molecule has 150 valence electrons. The normalized spacial score (nSPS) is 12.8. The molecule has 0 radical (unpaired) electrons. The molecule has 2 rings (SSSR count). The Labute approximate surface area is 171 Å². The maximum atomic E-state index is 11.7. The standard InChI is InChI=1S/C21H29N5OS/c1-6-7-8-9-15(2)10-11-18(26(5)22)24-20-17(14-27)28-21-19(20)16(25(3)4)12-13-23-21/h7-9,12-14H,6,10-11,22H2,1-5H3/b8-7-,15-9+,24-18?. The SMILES string of the molecule is CC/C=C\C=C(/C)CCC(=Nc1c(C=O)sc2nccc(N(C)C)c12)N(C)N. The number of amidine groups is 1. The highest BCUT2D eigenvalue weighted by atomic mass is 32.1. The average Bonchev–Trinajstić information content (AvgIpc) is 3.02. The second kappa shape index (κ2) is 10.1. The molecule has 2 N–H and O–H groups in total. The van der Waals surface area contributed by atoms with Crippen LogP contribution in [0.15, 0.2) is 41.1 Å². The Kier molecular flexibility index (Phi) is 7.90. The Bertz CT molecular complexity index is 909. The second-order valence-corrected chi connectivity index (χ2v) is 7.86. The number of rotatable bonds is 8. The van der Waals surface area contributed by atoms with Gasteiger partial charge in [-0.15, -0.1) is 11.3 Å². The van der Waals surface area contributed by atoms with Crippen molar-refractivity contribution in [2.45, 2.75) is 33.1 Å². The number of hydrazine groups is 1. The van der Waals surface area contributed by atoms with E-state index in [1.807, 2.05) is 25.1 Å². The summed E-state index contributed by atoms with van der Waals surface area (Å²) in [6.45, 7) is 4.21. The molecule has 0 fully saturated rings. The zero-order valence-electron chi connectivity index (χ0n) is 17.3. The summed E-state index contributed by atoms with van der Waals surface area (Å²) in [4.78, 5) is 24.3. The third-order valence-corrected chi connectivity index (χ3v) is 5.32. The highest BCUT2D eigenvalue weighted by Gasteiger charge is 2.18. The van der Waals surface area contributed by atoms with Crippen LogP contribution in [0.1, 0.15) is 42.8 Å². The van der Waals surface area contributed by atoms with Crippen molar-refractivity contribution in [1.82, 2.24) is 9.99 Å². The molecule has 2 aromatic rings. The molecule has 0 unspecified atom stereocenters. The molecule has 0 saturated carbocycles. The van der Waals surface area contributed by atoms with Gasteiger partial charge < -0.3 is 9.91 Å². The molecule has 6 nitrogen and oxygen atoms in total. The average molecular weight is 400 g/mol. The van der Waals surface area contributed by atoms with Crippen molar-refractivity contribution < 1.29 is 4.79 Å². The Morgan fingerprint density at radius 1 is 1.32 bits per heavy atom. The van der Waals surface area contributed by atoms with Crippen LogP contribution in [-0.4, -0.2) is 43.3 Å². The van der Waals surface area contributed by atoms with Crippen molar-refractivity contribution in [2.75, 3.05) is 26.0 Å². The predicted octanol–water partition coefficient (Wildman–Crippen LogP) is 4.70. The number of nitrogens with zero attached hydrogens (tertiary/aromatic N) is 4. The van der Waals surface area contributed by atoms with Crippen molar-refractivity contribution in [3.8, 4) is 0 Å². The number of carbonyl (C=O) groups is 1. The van der Waals surface area contributed by atoms with Crippen molar-refractivity contribution in [3.05, 3.63) is 40.9 Å². The number of allylic oxidation sites excluding steroid dienone is 4. The number of pyridine rings is 1. The summed E-state index contributed by atoms with van der Waals surface area (Å²) >= 11 is 1.35. The lowest BCUT2D eigenvalue weighted by Crippen LogP contribution is -2.33. The molecular formula is C21H29N5OS. The number of aldehydes is 1. The van der Waals surface area contributed by atoms with E-state index in [4.69, 9.17) is 10.8 Å². The van der Waals surface area contributed by atoms with Gasteiger partial charge in [0, 0.05) is 33.8 Å². The van der Waals surface area contributed by atoms with Gasteiger partial charge in [-0.1, -0.05) is 30.7 Å². The van der Waals surface area contributed by atoms with Crippen molar-refractivity contribution >= 4 is 45.0 Å². The van der Waals surface area contributed by atoms with Crippen LogP contribution in [0.5, 0.6) is 0 Å². The number of fused-ring (bicyclic) bond motifs is 1. The fraction of sp³-hybridized carbons (Fsp3) is 0.381. The van der Waals surface area contributed by atoms with Gasteiger partial charge in [0.05, 0.1) is 21.6 Å². The van der Waals surface area contributed by atoms with E-state index in [0.29, 0.717) is 17.0 Å². The van der Waals surface area contributed by atoms with Gasteiger partial charge in [0.25, 0.3) is 0 Å². The van der Waals surface area contributed by atoms with E-state index in [0.717, 1.165) is 40.9 Å². The summed E-state index contributed by atoms with van der Waals surface area (Å²) in [7, 11) is 5.71. The number of aromatic nitrogens is 1. The van der Waals surface area contributed by atoms with Gasteiger partial charge in [-0.25, -0.2) is 15.8 Å². The van der Waals surface area contributed by atoms with Crippen LogP contribution < -0.4 is 10.7 Å². The topological polar surface area (TPSA) is 74.8 Å². The number of thiophene rings is 1.